The molecule has 4 nitrogen and oxygen atoms in total. The summed E-state index contributed by atoms with van der Waals surface area (Å²) in [6.45, 7) is 3.32. The molecular formula is C23H27F3N2O2S. The fraction of sp³-hybridized carbons (Fsp3) is 0.478. The molecule has 1 saturated heterocycles. The summed E-state index contributed by atoms with van der Waals surface area (Å²) in [5.74, 6) is 1.95. The second-order valence-corrected chi connectivity index (χ2v) is 9.16. The number of hydrogen-bond donors (Lipinski definition) is 1. The number of hydrogen-bond acceptors (Lipinski definition) is 5. The molecule has 0 saturated carbocycles. The van der Waals surface area contributed by atoms with Crippen LogP contribution in [0.5, 0.6) is 5.75 Å². The average molecular weight is 453 g/mol. The second-order valence-electron chi connectivity index (χ2n) is 8.02. The monoisotopic (exact) mass is 452 g/mol. The third-order valence-corrected chi connectivity index (χ3v) is 6.90. The van der Waals surface area contributed by atoms with Crippen molar-refractivity contribution in [1.29, 1.82) is 0 Å². The molecule has 0 amide bonds. The van der Waals surface area contributed by atoms with Crippen LogP contribution in [0.25, 0.3) is 0 Å². The summed E-state index contributed by atoms with van der Waals surface area (Å²) in [6, 6.07) is 11.6. The van der Waals surface area contributed by atoms with Gasteiger partial charge in [0.25, 0.3) is 0 Å². The van der Waals surface area contributed by atoms with E-state index in [2.05, 4.69) is 17.0 Å². The Labute approximate surface area is 185 Å². The van der Waals surface area contributed by atoms with Gasteiger partial charge in [-0.1, -0.05) is 6.07 Å². The summed E-state index contributed by atoms with van der Waals surface area (Å²) < 4.78 is 44.7. The fourth-order valence-corrected chi connectivity index (χ4v) is 5.06. The maximum atomic E-state index is 13.0. The topological polar surface area (TPSA) is 35.9 Å². The van der Waals surface area contributed by atoms with E-state index in [0.29, 0.717) is 38.4 Å². The van der Waals surface area contributed by atoms with Crippen molar-refractivity contribution in [3.05, 3.63) is 53.6 Å². The third kappa shape index (κ3) is 5.87. The summed E-state index contributed by atoms with van der Waals surface area (Å²) in [5, 5.41) is 10.4. The first-order chi connectivity index (χ1) is 14.9. The number of alkyl halides is 3. The lowest BCUT2D eigenvalue weighted by Gasteiger charge is -2.37. The average Bonchev–Trinajstić information content (AvgIpc) is 2.77. The highest BCUT2D eigenvalue weighted by Gasteiger charge is 2.31. The van der Waals surface area contributed by atoms with E-state index in [1.165, 1.54) is 29.0 Å². The summed E-state index contributed by atoms with van der Waals surface area (Å²) in [6.07, 6.45) is -2.71. The van der Waals surface area contributed by atoms with Crippen LogP contribution in [0.1, 0.15) is 17.5 Å². The van der Waals surface area contributed by atoms with E-state index < -0.39 is 17.8 Å². The molecule has 4 rings (SSSR count). The molecule has 1 unspecified atom stereocenters. The Morgan fingerprint density at radius 3 is 2.65 bits per heavy atom. The SMILES string of the molecule is OC(COc1ccc2c(c1)CCCS2)CN1CCN(c2cccc(C(F)(F)F)c2)CC1. The van der Waals surface area contributed by atoms with Crippen molar-refractivity contribution >= 4 is 17.4 Å². The minimum atomic E-state index is -4.33. The van der Waals surface area contributed by atoms with Gasteiger partial charge in [0.2, 0.25) is 0 Å². The van der Waals surface area contributed by atoms with Crippen molar-refractivity contribution in [2.45, 2.75) is 30.0 Å². The van der Waals surface area contributed by atoms with Crippen LogP contribution in [-0.2, 0) is 12.6 Å². The van der Waals surface area contributed by atoms with Gasteiger partial charge in [0.15, 0.2) is 0 Å². The zero-order valence-corrected chi connectivity index (χ0v) is 18.1. The van der Waals surface area contributed by atoms with E-state index in [1.54, 1.807) is 6.07 Å². The number of fused-ring (bicyclic) bond motifs is 1. The molecule has 8 heteroatoms. The number of rotatable bonds is 6. The Hall–Kier alpha value is -1.90. The minimum absolute atomic E-state index is 0.222. The second kappa shape index (κ2) is 9.71. The molecule has 0 radical (unpaired) electrons. The van der Waals surface area contributed by atoms with Crippen molar-refractivity contribution in [2.24, 2.45) is 0 Å². The highest BCUT2D eigenvalue weighted by molar-refractivity contribution is 7.99. The number of ether oxygens (including phenoxy) is 1. The van der Waals surface area contributed by atoms with E-state index in [-0.39, 0.29) is 6.61 Å². The Kier molecular flexibility index (Phi) is 6.99. The van der Waals surface area contributed by atoms with Gasteiger partial charge in [0.05, 0.1) is 5.56 Å². The molecular weight excluding hydrogens is 425 g/mol. The van der Waals surface area contributed by atoms with Gasteiger partial charge < -0.3 is 14.7 Å². The Balaban J connectivity index is 1.23. The van der Waals surface area contributed by atoms with Crippen LogP contribution in [0.4, 0.5) is 18.9 Å². The maximum Gasteiger partial charge on any atom is 0.416 e. The first kappa shape index (κ1) is 22.3. The van der Waals surface area contributed by atoms with Crippen LogP contribution < -0.4 is 9.64 Å². The number of aliphatic hydroxyl groups excluding tert-OH is 1. The number of benzene rings is 2. The van der Waals surface area contributed by atoms with Gasteiger partial charge in [0.1, 0.15) is 18.5 Å². The number of aliphatic hydroxyl groups is 1. The zero-order valence-electron chi connectivity index (χ0n) is 17.3. The third-order valence-electron chi connectivity index (χ3n) is 5.70. The van der Waals surface area contributed by atoms with Crippen molar-refractivity contribution in [1.82, 2.24) is 4.90 Å². The molecule has 0 aromatic heterocycles. The smallest absolute Gasteiger partial charge is 0.416 e. The van der Waals surface area contributed by atoms with E-state index in [0.717, 1.165) is 24.0 Å². The van der Waals surface area contributed by atoms with Crippen LogP contribution in [0.2, 0.25) is 0 Å². The predicted molar refractivity (Wildman–Crippen MR) is 117 cm³/mol. The van der Waals surface area contributed by atoms with Crippen molar-refractivity contribution in [3.8, 4) is 5.75 Å². The molecule has 0 bridgehead atoms. The van der Waals surface area contributed by atoms with Crippen molar-refractivity contribution in [3.63, 3.8) is 0 Å². The Morgan fingerprint density at radius 2 is 1.87 bits per heavy atom. The van der Waals surface area contributed by atoms with E-state index >= 15 is 0 Å². The van der Waals surface area contributed by atoms with Crippen LogP contribution >= 0.6 is 11.8 Å². The Morgan fingerprint density at radius 1 is 1.06 bits per heavy atom. The lowest BCUT2D eigenvalue weighted by atomic mass is 10.1. The standard InChI is InChI=1S/C23H27F3N2O2S/c24-23(25,26)18-4-1-5-19(14-18)28-10-8-27(9-11-28)15-20(29)16-30-21-6-7-22-17(13-21)3-2-12-31-22/h1,4-7,13-14,20,29H,2-3,8-12,15-16H2. The summed E-state index contributed by atoms with van der Waals surface area (Å²) >= 11 is 1.87. The maximum absolute atomic E-state index is 13.0. The summed E-state index contributed by atoms with van der Waals surface area (Å²) in [5.41, 5.74) is 1.28. The largest absolute Gasteiger partial charge is 0.491 e. The highest BCUT2D eigenvalue weighted by Crippen LogP contribution is 2.33. The van der Waals surface area contributed by atoms with Crippen LogP contribution in [0, 0.1) is 0 Å². The summed E-state index contributed by atoms with van der Waals surface area (Å²) in [7, 11) is 0. The number of piperazine rings is 1. The van der Waals surface area contributed by atoms with E-state index in [4.69, 9.17) is 4.74 Å². The molecule has 1 N–H and O–H groups in total. The van der Waals surface area contributed by atoms with Crippen molar-refractivity contribution in [2.75, 3.05) is 50.0 Å². The molecule has 168 valence electrons. The normalized spacial score (nSPS) is 18.5. The number of thioether (sulfide) groups is 1. The molecule has 2 aromatic rings. The van der Waals surface area contributed by atoms with Crippen LogP contribution in [0.15, 0.2) is 47.4 Å². The lowest BCUT2D eigenvalue weighted by molar-refractivity contribution is -0.137. The van der Waals surface area contributed by atoms with Gasteiger partial charge >= 0.3 is 6.18 Å². The van der Waals surface area contributed by atoms with Gasteiger partial charge in [-0.25, -0.2) is 0 Å². The van der Waals surface area contributed by atoms with Gasteiger partial charge in [-0.3, -0.25) is 4.90 Å². The molecule has 2 aliphatic heterocycles. The van der Waals surface area contributed by atoms with Gasteiger partial charge in [-0.2, -0.15) is 13.2 Å². The van der Waals surface area contributed by atoms with Crippen LogP contribution in [0.3, 0.4) is 0 Å². The first-order valence-electron chi connectivity index (χ1n) is 10.6. The molecule has 31 heavy (non-hydrogen) atoms. The minimum Gasteiger partial charge on any atom is -0.491 e. The molecule has 0 spiro atoms. The van der Waals surface area contributed by atoms with Gasteiger partial charge in [0, 0.05) is 43.3 Å². The number of β-amino-alcohol motifs (C(OH)–C–C–N with tert-alkyl or cyclic N) is 1. The molecule has 2 aromatic carbocycles. The van der Waals surface area contributed by atoms with Crippen LogP contribution in [-0.4, -0.2) is 61.2 Å². The van der Waals surface area contributed by atoms with Gasteiger partial charge in [-0.05, 0) is 60.6 Å². The number of halogens is 3. The quantitative estimate of drug-likeness (QED) is 0.707. The number of aryl methyl sites for hydroxylation is 1. The zero-order chi connectivity index (χ0) is 21.8. The van der Waals surface area contributed by atoms with E-state index in [1.807, 2.05) is 22.7 Å². The van der Waals surface area contributed by atoms with Crippen molar-refractivity contribution < 1.29 is 23.0 Å². The Bertz CT molecular complexity index is 885. The number of nitrogens with zero attached hydrogens (tertiary/aromatic N) is 2. The summed E-state index contributed by atoms with van der Waals surface area (Å²) in [4.78, 5) is 5.40. The first-order valence-corrected chi connectivity index (χ1v) is 11.6. The molecule has 2 heterocycles. The predicted octanol–water partition coefficient (Wildman–Crippen LogP) is 4.31. The molecule has 0 aliphatic carbocycles. The molecule has 2 aliphatic rings. The molecule has 1 atom stereocenters. The lowest BCUT2D eigenvalue weighted by Crippen LogP contribution is -2.49. The highest BCUT2D eigenvalue weighted by atomic mass is 32.2. The van der Waals surface area contributed by atoms with Gasteiger partial charge in [-0.15, -0.1) is 11.8 Å². The fourth-order valence-electron chi connectivity index (χ4n) is 4.04. The molecule has 1 fully saturated rings. The number of anilines is 1. The van der Waals surface area contributed by atoms with E-state index in [9.17, 15) is 18.3 Å².